The molecule has 2 aliphatic heterocycles. The van der Waals surface area contributed by atoms with Gasteiger partial charge in [0, 0.05) is 31.0 Å². The molecule has 0 atom stereocenters. The first-order valence-corrected chi connectivity index (χ1v) is 9.26. The summed E-state index contributed by atoms with van der Waals surface area (Å²) in [6.45, 7) is 1.21. The Hall–Kier alpha value is -2.33. The minimum absolute atomic E-state index is 0.0898. The van der Waals surface area contributed by atoms with Crippen LogP contribution in [0.3, 0.4) is 0 Å². The van der Waals surface area contributed by atoms with Crippen molar-refractivity contribution < 1.29 is 14.3 Å². The van der Waals surface area contributed by atoms with Crippen LogP contribution < -0.4 is 4.74 Å². The number of likely N-dealkylation sites (tertiary alicyclic amines) is 1. The van der Waals surface area contributed by atoms with Crippen LogP contribution in [0.1, 0.15) is 35.2 Å². The summed E-state index contributed by atoms with van der Waals surface area (Å²) >= 11 is 6.05. The van der Waals surface area contributed by atoms with Gasteiger partial charge in [0.1, 0.15) is 11.4 Å². The average molecular weight is 370 g/mol. The molecule has 4 rings (SSSR count). The topological polar surface area (TPSA) is 46.6 Å². The second kappa shape index (κ2) is 6.76. The number of piperidine rings is 1. The van der Waals surface area contributed by atoms with Crippen molar-refractivity contribution in [2.75, 3.05) is 13.1 Å². The Labute approximate surface area is 157 Å². The van der Waals surface area contributed by atoms with Crippen molar-refractivity contribution in [1.29, 1.82) is 0 Å². The molecule has 26 heavy (non-hydrogen) atoms. The molecule has 0 N–H and O–H groups in total. The molecule has 2 aromatic carbocycles. The van der Waals surface area contributed by atoms with Crippen LogP contribution in [0.25, 0.3) is 0 Å². The lowest BCUT2D eigenvalue weighted by molar-refractivity contribution is -0.134. The molecule has 0 unspecified atom stereocenters. The second-order valence-corrected chi connectivity index (χ2v) is 7.51. The van der Waals surface area contributed by atoms with Crippen LogP contribution in [0, 0.1) is 0 Å². The molecule has 1 amide bonds. The molecule has 0 radical (unpaired) electrons. The van der Waals surface area contributed by atoms with Gasteiger partial charge < -0.3 is 9.64 Å². The summed E-state index contributed by atoms with van der Waals surface area (Å²) in [6.07, 6.45) is 2.09. The number of rotatable bonds is 2. The predicted molar refractivity (Wildman–Crippen MR) is 99.7 cm³/mol. The highest BCUT2D eigenvalue weighted by Crippen LogP contribution is 2.40. The molecular formula is C21H20ClNO3. The molecule has 1 fully saturated rings. The largest absolute Gasteiger partial charge is 0.486 e. The first-order valence-electron chi connectivity index (χ1n) is 8.88. The first kappa shape index (κ1) is 17.1. The molecule has 0 saturated carbocycles. The van der Waals surface area contributed by atoms with E-state index in [-0.39, 0.29) is 11.7 Å². The Kier molecular flexibility index (Phi) is 4.45. The van der Waals surface area contributed by atoms with E-state index in [1.165, 1.54) is 0 Å². The van der Waals surface area contributed by atoms with Crippen LogP contribution in [0.4, 0.5) is 0 Å². The number of fused-ring (bicyclic) bond motifs is 1. The maximum absolute atomic E-state index is 12.5. The second-order valence-electron chi connectivity index (χ2n) is 7.07. The van der Waals surface area contributed by atoms with Gasteiger partial charge in [-0.15, -0.1) is 0 Å². The highest BCUT2D eigenvalue weighted by atomic mass is 35.5. The third-order valence-electron chi connectivity index (χ3n) is 5.28. The number of hydrogen-bond acceptors (Lipinski definition) is 3. The molecule has 2 aromatic rings. The van der Waals surface area contributed by atoms with Crippen molar-refractivity contribution >= 4 is 23.3 Å². The van der Waals surface area contributed by atoms with Crippen LogP contribution in [0.2, 0.25) is 5.02 Å². The lowest BCUT2D eigenvalue weighted by Crippen LogP contribution is -2.52. The summed E-state index contributed by atoms with van der Waals surface area (Å²) in [4.78, 5) is 26.9. The van der Waals surface area contributed by atoms with Crippen molar-refractivity contribution in [2.45, 2.75) is 31.3 Å². The maximum Gasteiger partial charge on any atom is 0.226 e. The summed E-state index contributed by atoms with van der Waals surface area (Å²) in [5.41, 5.74) is 1.10. The number of amides is 1. The van der Waals surface area contributed by atoms with Crippen molar-refractivity contribution in [3.8, 4) is 5.75 Å². The van der Waals surface area contributed by atoms with Gasteiger partial charge in [-0.1, -0.05) is 41.9 Å². The smallest absolute Gasteiger partial charge is 0.226 e. The van der Waals surface area contributed by atoms with Crippen LogP contribution in [-0.4, -0.2) is 35.3 Å². The quantitative estimate of drug-likeness (QED) is 0.806. The Balaban J connectivity index is 1.43. The van der Waals surface area contributed by atoms with Gasteiger partial charge in [0.05, 0.1) is 18.4 Å². The van der Waals surface area contributed by atoms with E-state index in [1.807, 2.05) is 35.2 Å². The lowest BCUT2D eigenvalue weighted by Gasteiger charge is -2.44. The number of hydrogen-bond donors (Lipinski definition) is 0. The van der Waals surface area contributed by atoms with Gasteiger partial charge in [0.25, 0.3) is 0 Å². The molecule has 2 aliphatic rings. The summed E-state index contributed by atoms with van der Waals surface area (Å²) in [5, 5.41) is 0.559. The molecule has 0 bridgehead atoms. The number of ether oxygens (including phenoxy) is 1. The van der Waals surface area contributed by atoms with Crippen LogP contribution in [-0.2, 0) is 11.2 Å². The number of carbonyl (C=O) groups is 2. The van der Waals surface area contributed by atoms with Crippen molar-refractivity contribution in [1.82, 2.24) is 4.90 Å². The lowest BCUT2D eigenvalue weighted by atomic mass is 9.82. The molecule has 134 valence electrons. The van der Waals surface area contributed by atoms with E-state index in [2.05, 4.69) is 0 Å². The Morgan fingerprint density at radius 3 is 2.58 bits per heavy atom. The summed E-state index contributed by atoms with van der Waals surface area (Å²) in [7, 11) is 0. The normalized spacial score (nSPS) is 18.3. The first-order chi connectivity index (χ1) is 12.5. The zero-order valence-electron chi connectivity index (χ0n) is 14.4. The number of halogens is 1. The monoisotopic (exact) mass is 369 g/mol. The molecule has 1 saturated heterocycles. The van der Waals surface area contributed by atoms with E-state index in [4.69, 9.17) is 16.3 Å². The van der Waals surface area contributed by atoms with Gasteiger partial charge in [-0.3, -0.25) is 9.59 Å². The molecule has 1 spiro atoms. The minimum atomic E-state index is -0.516. The van der Waals surface area contributed by atoms with Gasteiger partial charge in [-0.25, -0.2) is 0 Å². The molecule has 0 aromatic heterocycles. The molecule has 2 heterocycles. The molecule has 0 aliphatic carbocycles. The van der Waals surface area contributed by atoms with Crippen LogP contribution in [0.15, 0.2) is 48.5 Å². The fourth-order valence-electron chi connectivity index (χ4n) is 3.79. The minimum Gasteiger partial charge on any atom is -0.486 e. The number of benzene rings is 2. The van der Waals surface area contributed by atoms with Gasteiger partial charge in [-0.2, -0.15) is 0 Å². The predicted octanol–water partition coefficient (Wildman–Crippen LogP) is 3.91. The van der Waals surface area contributed by atoms with E-state index >= 15 is 0 Å². The summed E-state index contributed by atoms with van der Waals surface area (Å²) in [6, 6.07) is 14.9. The molecular weight excluding hydrogens is 350 g/mol. The Morgan fingerprint density at radius 2 is 1.85 bits per heavy atom. The number of nitrogens with zero attached hydrogens (tertiary/aromatic N) is 1. The number of carbonyl (C=O) groups excluding carboxylic acids is 2. The van der Waals surface area contributed by atoms with E-state index in [1.54, 1.807) is 18.2 Å². The fraction of sp³-hybridized carbons (Fsp3) is 0.333. The van der Waals surface area contributed by atoms with Crippen molar-refractivity contribution in [3.05, 3.63) is 64.7 Å². The van der Waals surface area contributed by atoms with Gasteiger partial charge >= 0.3 is 0 Å². The van der Waals surface area contributed by atoms with Gasteiger partial charge in [-0.05, 0) is 23.8 Å². The van der Waals surface area contributed by atoms with E-state index in [9.17, 15) is 9.59 Å². The average Bonchev–Trinajstić information content (AvgIpc) is 2.62. The molecule has 5 heteroatoms. The standard InChI is InChI=1S/C21H20ClNO3/c22-16-6-7-17-18(24)14-21(26-19(17)13-16)8-10-23(11-9-21)20(25)12-15-4-2-1-3-5-15/h1-7,13H,8-12,14H2. The summed E-state index contributed by atoms with van der Waals surface area (Å²) < 4.78 is 6.21. The highest BCUT2D eigenvalue weighted by Gasteiger charge is 2.43. The Bertz CT molecular complexity index is 842. The van der Waals surface area contributed by atoms with Crippen LogP contribution >= 0.6 is 11.6 Å². The Morgan fingerprint density at radius 1 is 1.12 bits per heavy atom. The highest BCUT2D eigenvalue weighted by molar-refractivity contribution is 6.30. The molecule has 4 nitrogen and oxygen atoms in total. The SMILES string of the molecule is O=C1CC2(CCN(C(=O)Cc3ccccc3)CC2)Oc2cc(Cl)ccc21. The van der Waals surface area contributed by atoms with E-state index in [0.717, 1.165) is 5.56 Å². The zero-order chi connectivity index (χ0) is 18.1. The van der Waals surface area contributed by atoms with Gasteiger partial charge in [0.2, 0.25) is 5.91 Å². The maximum atomic E-state index is 12.5. The fourth-order valence-corrected chi connectivity index (χ4v) is 3.95. The van der Waals surface area contributed by atoms with Crippen LogP contribution in [0.5, 0.6) is 5.75 Å². The number of Topliss-reactive ketones (excluding diaryl/α,β-unsaturated/α-hetero) is 1. The van der Waals surface area contributed by atoms with E-state index < -0.39 is 5.60 Å². The van der Waals surface area contributed by atoms with Gasteiger partial charge in [0.15, 0.2) is 5.78 Å². The third kappa shape index (κ3) is 3.34. The van der Waals surface area contributed by atoms with Crippen molar-refractivity contribution in [3.63, 3.8) is 0 Å². The summed E-state index contributed by atoms with van der Waals surface area (Å²) in [5.74, 6) is 0.779. The number of ketones is 1. The zero-order valence-corrected chi connectivity index (χ0v) is 15.2. The van der Waals surface area contributed by atoms with E-state index in [0.29, 0.717) is 55.1 Å². The third-order valence-corrected chi connectivity index (χ3v) is 5.51. The van der Waals surface area contributed by atoms with Crippen molar-refractivity contribution in [2.24, 2.45) is 0 Å².